The van der Waals surface area contributed by atoms with E-state index >= 15 is 0 Å². The topological polar surface area (TPSA) is 54.3 Å². The Hall–Kier alpha value is -3.42. The first-order chi connectivity index (χ1) is 17.6. The standard InChI is InChI=1S/C29H31N5OS/c1-22-8-6-13-26(18-22)34-27(20-23-9-4-3-5-10-23)30-31-29(34)36-21-24-11-7-12-25(19-24)28(35)33-16-14-32(2)15-17-33/h3-13,18-19H,14-17,20-21H2,1-2H3. The van der Waals surface area contributed by atoms with E-state index < -0.39 is 0 Å². The predicted octanol–water partition coefficient (Wildman–Crippen LogP) is 4.85. The lowest BCUT2D eigenvalue weighted by Crippen LogP contribution is -2.47. The monoisotopic (exact) mass is 497 g/mol. The first-order valence-corrected chi connectivity index (χ1v) is 13.3. The highest BCUT2D eigenvalue weighted by molar-refractivity contribution is 7.98. The van der Waals surface area contributed by atoms with Crippen molar-refractivity contribution in [3.63, 3.8) is 0 Å². The number of amides is 1. The molecular formula is C29H31N5OS. The van der Waals surface area contributed by atoms with Crippen LogP contribution in [0, 0.1) is 6.92 Å². The molecule has 4 aromatic rings. The fourth-order valence-corrected chi connectivity index (χ4v) is 5.36. The Bertz CT molecular complexity index is 1330. The van der Waals surface area contributed by atoms with Crippen LogP contribution in [-0.4, -0.2) is 63.7 Å². The number of aryl methyl sites for hydroxylation is 1. The minimum Gasteiger partial charge on any atom is -0.336 e. The molecule has 2 heterocycles. The Morgan fingerprint density at radius 2 is 1.61 bits per heavy atom. The van der Waals surface area contributed by atoms with Gasteiger partial charge in [-0.25, -0.2) is 0 Å². The van der Waals surface area contributed by atoms with Crippen molar-refractivity contribution < 1.29 is 4.79 Å². The summed E-state index contributed by atoms with van der Waals surface area (Å²) in [7, 11) is 2.10. The molecule has 0 unspecified atom stereocenters. The molecule has 3 aromatic carbocycles. The van der Waals surface area contributed by atoms with Gasteiger partial charge in [-0.15, -0.1) is 10.2 Å². The number of aromatic nitrogens is 3. The number of carbonyl (C=O) groups is 1. The Morgan fingerprint density at radius 3 is 2.39 bits per heavy atom. The predicted molar refractivity (Wildman–Crippen MR) is 145 cm³/mol. The fourth-order valence-electron chi connectivity index (χ4n) is 4.45. The third-order valence-corrected chi connectivity index (χ3v) is 7.50. The minimum atomic E-state index is 0.114. The summed E-state index contributed by atoms with van der Waals surface area (Å²) in [6.45, 7) is 5.49. The molecule has 1 aromatic heterocycles. The van der Waals surface area contributed by atoms with Gasteiger partial charge >= 0.3 is 0 Å². The average molecular weight is 498 g/mol. The largest absolute Gasteiger partial charge is 0.336 e. The third kappa shape index (κ3) is 5.69. The SMILES string of the molecule is Cc1cccc(-n2c(Cc3ccccc3)nnc2SCc2cccc(C(=O)N3CCN(C)CC3)c2)c1. The molecule has 0 aliphatic carbocycles. The van der Waals surface area contributed by atoms with Crippen LogP contribution in [0.2, 0.25) is 0 Å². The Balaban J connectivity index is 1.36. The van der Waals surface area contributed by atoms with Crippen molar-refractivity contribution in [2.75, 3.05) is 33.2 Å². The third-order valence-electron chi connectivity index (χ3n) is 6.50. The molecule has 36 heavy (non-hydrogen) atoms. The van der Waals surface area contributed by atoms with Crippen molar-refractivity contribution in [3.05, 3.63) is 107 Å². The van der Waals surface area contributed by atoms with E-state index in [0.29, 0.717) is 12.2 Å². The molecule has 6 nitrogen and oxygen atoms in total. The molecule has 7 heteroatoms. The first kappa shape index (κ1) is 24.3. The van der Waals surface area contributed by atoms with Crippen molar-refractivity contribution in [2.24, 2.45) is 0 Å². The molecule has 0 spiro atoms. The van der Waals surface area contributed by atoms with Gasteiger partial charge in [0.1, 0.15) is 5.82 Å². The highest BCUT2D eigenvalue weighted by atomic mass is 32.2. The van der Waals surface area contributed by atoms with Crippen LogP contribution in [0.5, 0.6) is 0 Å². The summed E-state index contributed by atoms with van der Waals surface area (Å²) in [5.74, 6) is 1.73. The highest BCUT2D eigenvalue weighted by Gasteiger charge is 2.21. The summed E-state index contributed by atoms with van der Waals surface area (Å²) < 4.78 is 2.16. The average Bonchev–Trinajstić information content (AvgIpc) is 3.30. The van der Waals surface area contributed by atoms with Crippen LogP contribution in [0.1, 0.15) is 32.9 Å². The van der Waals surface area contributed by atoms with Crippen molar-refractivity contribution in [2.45, 2.75) is 24.3 Å². The molecule has 0 saturated carbocycles. The fraction of sp³-hybridized carbons (Fsp3) is 0.276. The minimum absolute atomic E-state index is 0.114. The molecular weight excluding hydrogens is 466 g/mol. The summed E-state index contributed by atoms with van der Waals surface area (Å²) in [5.41, 5.74) is 5.31. The van der Waals surface area contributed by atoms with Crippen LogP contribution in [0.4, 0.5) is 0 Å². The molecule has 1 saturated heterocycles. The van der Waals surface area contributed by atoms with Crippen LogP contribution in [0.3, 0.4) is 0 Å². The second-order valence-electron chi connectivity index (χ2n) is 9.32. The summed E-state index contributed by atoms with van der Waals surface area (Å²) in [5, 5.41) is 9.99. The molecule has 1 aliphatic rings. The second kappa shape index (κ2) is 11.1. The van der Waals surface area contributed by atoms with Crippen molar-refractivity contribution in [1.82, 2.24) is 24.6 Å². The quantitative estimate of drug-likeness (QED) is 0.342. The molecule has 5 rings (SSSR count). The van der Waals surface area contributed by atoms with E-state index in [1.807, 2.05) is 29.2 Å². The summed E-state index contributed by atoms with van der Waals surface area (Å²) in [6, 6.07) is 26.8. The summed E-state index contributed by atoms with van der Waals surface area (Å²) in [6.07, 6.45) is 0.706. The second-order valence-corrected chi connectivity index (χ2v) is 10.3. The van der Waals surface area contributed by atoms with Gasteiger partial charge in [0.25, 0.3) is 5.91 Å². The van der Waals surface area contributed by atoms with E-state index in [0.717, 1.165) is 54.0 Å². The normalized spacial score (nSPS) is 14.2. The van der Waals surface area contributed by atoms with Crippen molar-refractivity contribution in [3.8, 4) is 5.69 Å². The molecule has 0 atom stereocenters. The number of benzene rings is 3. The van der Waals surface area contributed by atoms with Gasteiger partial charge in [-0.3, -0.25) is 9.36 Å². The maximum Gasteiger partial charge on any atom is 0.253 e. The number of carbonyl (C=O) groups excluding carboxylic acids is 1. The van der Waals surface area contributed by atoms with E-state index in [-0.39, 0.29) is 5.91 Å². The molecule has 1 amide bonds. The number of thioether (sulfide) groups is 1. The van der Waals surface area contributed by atoms with Gasteiger partial charge in [0.05, 0.1) is 0 Å². The molecule has 0 bridgehead atoms. The Kier molecular flexibility index (Phi) is 7.49. The van der Waals surface area contributed by atoms with Crippen LogP contribution < -0.4 is 0 Å². The van der Waals surface area contributed by atoms with E-state index in [1.165, 1.54) is 11.1 Å². The summed E-state index contributed by atoms with van der Waals surface area (Å²) >= 11 is 1.65. The summed E-state index contributed by atoms with van der Waals surface area (Å²) in [4.78, 5) is 17.3. The number of rotatable bonds is 7. The van der Waals surface area contributed by atoms with Crippen LogP contribution >= 0.6 is 11.8 Å². The maximum absolute atomic E-state index is 13.1. The highest BCUT2D eigenvalue weighted by Crippen LogP contribution is 2.27. The van der Waals surface area contributed by atoms with Gasteiger partial charge < -0.3 is 9.80 Å². The molecule has 0 N–H and O–H groups in total. The van der Waals surface area contributed by atoms with E-state index in [4.69, 9.17) is 0 Å². The number of likely N-dealkylation sites (N-methyl/N-ethyl adjacent to an activating group) is 1. The lowest BCUT2D eigenvalue weighted by Gasteiger charge is -2.32. The number of hydrogen-bond acceptors (Lipinski definition) is 5. The van der Waals surface area contributed by atoms with Gasteiger partial charge in [0.2, 0.25) is 0 Å². The lowest BCUT2D eigenvalue weighted by molar-refractivity contribution is 0.0664. The zero-order valence-electron chi connectivity index (χ0n) is 20.8. The Labute approximate surface area is 217 Å². The van der Waals surface area contributed by atoms with Gasteiger partial charge in [0, 0.05) is 49.6 Å². The lowest BCUT2D eigenvalue weighted by atomic mass is 10.1. The number of nitrogens with zero attached hydrogens (tertiary/aromatic N) is 5. The maximum atomic E-state index is 13.1. The molecule has 1 aliphatic heterocycles. The number of piperazine rings is 1. The van der Waals surface area contributed by atoms with Gasteiger partial charge in [-0.2, -0.15) is 0 Å². The van der Waals surface area contributed by atoms with E-state index in [9.17, 15) is 4.79 Å². The van der Waals surface area contributed by atoms with Gasteiger partial charge in [0.15, 0.2) is 5.16 Å². The van der Waals surface area contributed by atoms with Crippen molar-refractivity contribution in [1.29, 1.82) is 0 Å². The molecule has 184 valence electrons. The van der Waals surface area contributed by atoms with Gasteiger partial charge in [-0.1, -0.05) is 66.4 Å². The van der Waals surface area contributed by atoms with Crippen LogP contribution in [-0.2, 0) is 12.2 Å². The van der Waals surface area contributed by atoms with Crippen LogP contribution in [0.25, 0.3) is 5.69 Å². The smallest absolute Gasteiger partial charge is 0.253 e. The van der Waals surface area contributed by atoms with Gasteiger partial charge in [-0.05, 0) is 54.9 Å². The van der Waals surface area contributed by atoms with Crippen LogP contribution in [0.15, 0.2) is 84.0 Å². The van der Waals surface area contributed by atoms with E-state index in [1.54, 1.807) is 11.8 Å². The molecule has 1 fully saturated rings. The first-order valence-electron chi connectivity index (χ1n) is 12.3. The number of hydrogen-bond donors (Lipinski definition) is 0. The zero-order chi connectivity index (χ0) is 24.9. The Morgan fingerprint density at radius 1 is 0.861 bits per heavy atom. The molecule has 0 radical (unpaired) electrons. The van der Waals surface area contributed by atoms with E-state index in [2.05, 4.69) is 88.2 Å². The van der Waals surface area contributed by atoms with Crippen molar-refractivity contribution >= 4 is 17.7 Å². The zero-order valence-corrected chi connectivity index (χ0v) is 21.6.